The van der Waals surface area contributed by atoms with Gasteiger partial charge in [-0.1, -0.05) is 43.7 Å². The van der Waals surface area contributed by atoms with Gasteiger partial charge in [-0.2, -0.15) is 0 Å². The Morgan fingerprint density at radius 2 is 2.12 bits per heavy atom. The lowest BCUT2D eigenvalue weighted by atomic mass is 9.79. The number of hydrogen-bond acceptors (Lipinski definition) is 3. The average molecular weight is 340 g/mol. The summed E-state index contributed by atoms with van der Waals surface area (Å²) in [6, 6.07) is 10.9. The first-order chi connectivity index (χ1) is 12.2. The largest absolute Gasteiger partial charge is 0.349 e. The van der Waals surface area contributed by atoms with Gasteiger partial charge in [0.25, 0.3) is 0 Å². The molecule has 0 radical (unpaired) electrons. The SMILES string of the molecule is CCC1CN(C(=NC)NCc2nncn2C)CCC1c1ccccc1. The van der Waals surface area contributed by atoms with Gasteiger partial charge in [0.05, 0.1) is 6.54 Å². The molecule has 0 saturated carbocycles. The molecule has 2 unspecified atom stereocenters. The van der Waals surface area contributed by atoms with Crippen molar-refractivity contribution in [1.29, 1.82) is 0 Å². The normalized spacial score (nSPS) is 21.4. The molecule has 1 N–H and O–H groups in total. The van der Waals surface area contributed by atoms with Crippen molar-refractivity contribution >= 4 is 5.96 Å². The lowest BCUT2D eigenvalue weighted by Gasteiger charge is -2.40. The van der Waals surface area contributed by atoms with Crippen molar-refractivity contribution in [3.8, 4) is 0 Å². The molecule has 3 rings (SSSR count). The van der Waals surface area contributed by atoms with Crippen LogP contribution in [0.4, 0.5) is 0 Å². The van der Waals surface area contributed by atoms with E-state index in [4.69, 9.17) is 0 Å². The standard InChI is InChI=1S/C19H28N6/c1-4-15-13-25(11-10-17(15)16-8-6-5-7-9-16)19(20-2)21-12-18-23-22-14-24(18)3/h5-9,14-15,17H,4,10-13H2,1-3H3,(H,20,21). The van der Waals surface area contributed by atoms with Gasteiger partial charge in [0.1, 0.15) is 6.33 Å². The lowest BCUT2D eigenvalue weighted by Crippen LogP contribution is -2.48. The minimum Gasteiger partial charge on any atom is -0.349 e. The summed E-state index contributed by atoms with van der Waals surface area (Å²) in [5.41, 5.74) is 1.47. The molecule has 6 heteroatoms. The fraction of sp³-hybridized carbons (Fsp3) is 0.526. The summed E-state index contributed by atoms with van der Waals surface area (Å²) in [7, 11) is 3.81. The molecule has 0 amide bonds. The van der Waals surface area contributed by atoms with E-state index in [1.807, 2.05) is 18.7 Å². The molecule has 0 spiro atoms. The molecule has 1 saturated heterocycles. The highest BCUT2D eigenvalue weighted by Gasteiger charge is 2.30. The number of benzene rings is 1. The van der Waals surface area contributed by atoms with Gasteiger partial charge in [0.15, 0.2) is 11.8 Å². The second-order valence-corrected chi connectivity index (χ2v) is 6.68. The molecule has 0 bridgehead atoms. The quantitative estimate of drug-likeness (QED) is 0.686. The van der Waals surface area contributed by atoms with E-state index in [0.29, 0.717) is 18.4 Å². The third-order valence-electron chi connectivity index (χ3n) is 5.21. The number of aliphatic imine (C=N–C) groups is 1. The third kappa shape index (κ3) is 4.00. The van der Waals surface area contributed by atoms with Gasteiger partial charge in [-0.05, 0) is 23.8 Å². The maximum atomic E-state index is 4.48. The van der Waals surface area contributed by atoms with Crippen LogP contribution in [0.2, 0.25) is 0 Å². The molecule has 6 nitrogen and oxygen atoms in total. The van der Waals surface area contributed by atoms with Crippen LogP contribution in [0, 0.1) is 5.92 Å². The zero-order valence-corrected chi connectivity index (χ0v) is 15.4. The molecular formula is C19H28N6. The molecule has 1 aliphatic rings. The second kappa shape index (κ2) is 8.14. The molecule has 2 heterocycles. The number of aryl methyl sites for hydroxylation is 1. The van der Waals surface area contributed by atoms with E-state index in [-0.39, 0.29) is 0 Å². The second-order valence-electron chi connectivity index (χ2n) is 6.68. The Hall–Kier alpha value is -2.37. The van der Waals surface area contributed by atoms with E-state index in [0.717, 1.165) is 31.3 Å². The molecule has 25 heavy (non-hydrogen) atoms. The maximum Gasteiger partial charge on any atom is 0.194 e. The van der Waals surface area contributed by atoms with Crippen LogP contribution in [0.3, 0.4) is 0 Å². The summed E-state index contributed by atoms with van der Waals surface area (Å²) in [5, 5.41) is 11.5. The smallest absolute Gasteiger partial charge is 0.194 e. The summed E-state index contributed by atoms with van der Waals surface area (Å²) in [4.78, 5) is 6.86. The Bertz CT molecular complexity index is 693. The van der Waals surface area contributed by atoms with E-state index < -0.39 is 0 Å². The van der Waals surface area contributed by atoms with Gasteiger partial charge < -0.3 is 14.8 Å². The fourth-order valence-electron chi connectivity index (χ4n) is 3.73. The highest BCUT2D eigenvalue weighted by atomic mass is 15.3. The van der Waals surface area contributed by atoms with Crippen LogP contribution in [0.15, 0.2) is 41.7 Å². The van der Waals surface area contributed by atoms with Crippen LogP contribution < -0.4 is 5.32 Å². The first-order valence-electron chi connectivity index (χ1n) is 9.06. The van der Waals surface area contributed by atoms with Gasteiger partial charge >= 0.3 is 0 Å². The van der Waals surface area contributed by atoms with Gasteiger partial charge in [-0.15, -0.1) is 10.2 Å². The van der Waals surface area contributed by atoms with Crippen molar-refractivity contribution in [1.82, 2.24) is 25.0 Å². The van der Waals surface area contributed by atoms with Crippen LogP contribution in [-0.2, 0) is 13.6 Å². The minimum atomic E-state index is 0.637. The van der Waals surface area contributed by atoms with Crippen molar-refractivity contribution in [2.75, 3.05) is 20.1 Å². The van der Waals surface area contributed by atoms with E-state index in [1.54, 1.807) is 6.33 Å². The molecule has 1 aliphatic heterocycles. The van der Waals surface area contributed by atoms with Crippen molar-refractivity contribution < 1.29 is 0 Å². The van der Waals surface area contributed by atoms with Crippen LogP contribution in [-0.4, -0.2) is 45.8 Å². The summed E-state index contributed by atoms with van der Waals surface area (Å²) in [6.45, 7) is 4.99. The number of guanidine groups is 1. The number of nitrogens with one attached hydrogen (secondary N) is 1. The molecule has 0 aliphatic carbocycles. The number of piperidine rings is 1. The van der Waals surface area contributed by atoms with E-state index in [9.17, 15) is 0 Å². The van der Waals surface area contributed by atoms with E-state index in [1.165, 1.54) is 12.0 Å². The number of hydrogen-bond donors (Lipinski definition) is 1. The predicted octanol–water partition coefficient (Wildman–Crippen LogP) is 2.41. The lowest BCUT2D eigenvalue weighted by molar-refractivity contribution is 0.215. The van der Waals surface area contributed by atoms with E-state index >= 15 is 0 Å². The minimum absolute atomic E-state index is 0.637. The molecule has 2 aromatic rings. The number of likely N-dealkylation sites (tertiary alicyclic amines) is 1. The molecule has 1 fully saturated rings. The van der Waals surface area contributed by atoms with E-state index in [2.05, 4.69) is 62.7 Å². The van der Waals surface area contributed by atoms with Crippen LogP contribution in [0.5, 0.6) is 0 Å². The van der Waals surface area contributed by atoms with Gasteiger partial charge in [0.2, 0.25) is 0 Å². The van der Waals surface area contributed by atoms with Crippen LogP contribution in [0.1, 0.15) is 37.1 Å². The Labute approximate surface area is 150 Å². The fourth-order valence-corrected chi connectivity index (χ4v) is 3.73. The first-order valence-corrected chi connectivity index (χ1v) is 9.06. The summed E-state index contributed by atoms with van der Waals surface area (Å²) >= 11 is 0. The molecule has 1 aromatic carbocycles. The summed E-state index contributed by atoms with van der Waals surface area (Å²) in [5.74, 6) is 3.14. The average Bonchev–Trinajstić information content (AvgIpc) is 3.07. The van der Waals surface area contributed by atoms with Gasteiger partial charge in [0, 0.05) is 27.2 Å². The monoisotopic (exact) mass is 340 g/mol. The van der Waals surface area contributed by atoms with Gasteiger partial charge in [-0.3, -0.25) is 4.99 Å². The first kappa shape index (κ1) is 17.5. The zero-order chi connectivity index (χ0) is 17.6. The molecule has 2 atom stereocenters. The van der Waals surface area contributed by atoms with Crippen LogP contribution in [0.25, 0.3) is 0 Å². The number of nitrogens with zero attached hydrogens (tertiary/aromatic N) is 5. The van der Waals surface area contributed by atoms with Crippen molar-refractivity contribution in [2.45, 2.75) is 32.2 Å². The topological polar surface area (TPSA) is 58.3 Å². The molecular weight excluding hydrogens is 312 g/mol. The van der Waals surface area contributed by atoms with Crippen molar-refractivity contribution in [2.24, 2.45) is 18.0 Å². The van der Waals surface area contributed by atoms with Gasteiger partial charge in [-0.25, -0.2) is 0 Å². The Morgan fingerprint density at radius 1 is 1.32 bits per heavy atom. The van der Waals surface area contributed by atoms with Crippen molar-refractivity contribution in [3.05, 3.63) is 48.0 Å². The Kier molecular flexibility index (Phi) is 5.68. The third-order valence-corrected chi connectivity index (χ3v) is 5.21. The predicted molar refractivity (Wildman–Crippen MR) is 100 cm³/mol. The number of rotatable bonds is 4. The molecule has 134 valence electrons. The highest BCUT2D eigenvalue weighted by molar-refractivity contribution is 5.79. The van der Waals surface area contributed by atoms with Crippen LogP contribution >= 0.6 is 0 Å². The Morgan fingerprint density at radius 3 is 2.76 bits per heavy atom. The zero-order valence-electron chi connectivity index (χ0n) is 15.4. The van der Waals surface area contributed by atoms with Crippen molar-refractivity contribution in [3.63, 3.8) is 0 Å². The Balaban J connectivity index is 1.64. The summed E-state index contributed by atoms with van der Waals surface area (Å²) in [6.07, 6.45) is 4.06. The maximum absolute atomic E-state index is 4.48. The number of aromatic nitrogens is 3. The summed E-state index contributed by atoms with van der Waals surface area (Å²) < 4.78 is 1.93. The highest BCUT2D eigenvalue weighted by Crippen LogP contribution is 2.34. The molecule has 1 aromatic heterocycles.